The number of carbonyl (C=O) groups is 1. The lowest BCUT2D eigenvalue weighted by Crippen LogP contribution is -2.33. The number of anilines is 1. The quantitative estimate of drug-likeness (QED) is 0.523. The molecule has 0 heterocycles. The lowest BCUT2D eigenvalue weighted by atomic mass is 10.1. The van der Waals surface area contributed by atoms with Gasteiger partial charge in [0.25, 0.3) is 0 Å². The number of halogens is 1. The maximum Gasteiger partial charge on any atom is 0.232 e. The molecule has 1 N–H and O–H groups in total. The van der Waals surface area contributed by atoms with E-state index in [0.717, 1.165) is 11.1 Å². The predicted octanol–water partition coefficient (Wildman–Crippen LogP) is 4.04. The van der Waals surface area contributed by atoms with E-state index in [1.54, 1.807) is 30.0 Å². The van der Waals surface area contributed by atoms with Gasteiger partial charge in [-0.25, -0.2) is 12.8 Å². The maximum absolute atomic E-state index is 13.6. The molecule has 0 aliphatic carbocycles. The van der Waals surface area contributed by atoms with Crippen LogP contribution in [0, 0.1) is 19.7 Å². The van der Waals surface area contributed by atoms with E-state index in [0.29, 0.717) is 35.7 Å². The second-order valence-electron chi connectivity index (χ2n) is 7.22. The Balaban J connectivity index is 1.75. The van der Waals surface area contributed by atoms with Gasteiger partial charge in [0.2, 0.25) is 15.9 Å². The molecule has 0 fully saturated rings. The summed E-state index contributed by atoms with van der Waals surface area (Å²) in [5, 5.41) is 2.83. The minimum absolute atomic E-state index is 0.115. The molecule has 1 amide bonds. The molecule has 0 radical (unpaired) electrons. The molecule has 2 rings (SSSR count). The van der Waals surface area contributed by atoms with E-state index in [1.165, 1.54) is 16.6 Å². The van der Waals surface area contributed by atoms with Crippen LogP contribution < -0.4 is 9.62 Å². The van der Waals surface area contributed by atoms with Crippen molar-refractivity contribution in [2.45, 2.75) is 32.4 Å². The van der Waals surface area contributed by atoms with E-state index in [9.17, 15) is 17.6 Å². The van der Waals surface area contributed by atoms with E-state index in [4.69, 9.17) is 0 Å². The summed E-state index contributed by atoms with van der Waals surface area (Å²) in [7, 11) is -3.44. The first kappa shape index (κ1) is 24.2. The average molecular weight is 453 g/mol. The van der Waals surface area contributed by atoms with Gasteiger partial charge in [0.1, 0.15) is 5.82 Å². The topological polar surface area (TPSA) is 66.5 Å². The van der Waals surface area contributed by atoms with Crippen molar-refractivity contribution < 1.29 is 17.6 Å². The van der Waals surface area contributed by atoms with E-state index >= 15 is 0 Å². The molecular weight excluding hydrogens is 423 g/mol. The Labute approximate surface area is 183 Å². The van der Waals surface area contributed by atoms with Crippen LogP contribution in [0.15, 0.2) is 42.5 Å². The Morgan fingerprint density at radius 2 is 1.90 bits per heavy atom. The number of hydrogen-bond donors (Lipinski definition) is 1. The third kappa shape index (κ3) is 7.65. The molecular formula is C22H29FN2O3S2. The van der Waals surface area contributed by atoms with Gasteiger partial charge < -0.3 is 5.32 Å². The maximum atomic E-state index is 13.6. The highest BCUT2D eigenvalue weighted by molar-refractivity contribution is 7.98. The molecule has 0 aliphatic heterocycles. The number of nitrogens with zero attached hydrogens (tertiary/aromatic N) is 1. The summed E-state index contributed by atoms with van der Waals surface area (Å²) in [5.74, 6) is 0.906. The van der Waals surface area contributed by atoms with Crippen LogP contribution in [0.3, 0.4) is 0 Å². The standard InChI is InChI=1S/C22H29FN2O3S2/c1-17-10-11-18(2)21(15-17)25(30(3,27)28)13-6-9-22(26)24-12-14-29-16-19-7-4-5-8-20(19)23/h4-5,7-8,10-11,15H,6,9,12-14,16H2,1-3H3,(H,24,26). The largest absolute Gasteiger partial charge is 0.355 e. The highest BCUT2D eigenvalue weighted by atomic mass is 32.2. The predicted molar refractivity (Wildman–Crippen MR) is 123 cm³/mol. The summed E-state index contributed by atoms with van der Waals surface area (Å²) >= 11 is 1.55. The van der Waals surface area contributed by atoms with Crippen molar-refractivity contribution in [2.24, 2.45) is 0 Å². The number of hydrogen-bond acceptors (Lipinski definition) is 4. The van der Waals surface area contributed by atoms with Gasteiger partial charge in [0, 0.05) is 31.0 Å². The highest BCUT2D eigenvalue weighted by Gasteiger charge is 2.19. The number of sulfonamides is 1. The van der Waals surface area contributed by atoms with Crippen molar-refractivity contribution >= 4 is 33.4 Å². The number of thioether (sulfide) groups is 1. The van der Waals surface area contributed by atoms with Gasteiger partial charge in [-0.15, -0.1) is 0 Å². The Morgan fingerprint density at radius 1 is 1.17 bits per heavy atom. The van der Waals surface area contributed by atoms with Crippen molar-refractivity contribution in [3.63, 3.8) is 0 Å². The number of benzene rings is 2. The fraction of sp³-hybridized carbons (Fsp3) is 0.409. The molecule has 8 heteroatoms. The fourth-order valence-corrected chi connectivity index (χ4v) is 4.84. The Kier molecular flexibility index (Phi) is 9.17. The van der Waals surface area contributed by atoms with Crippen molar-refractivity contribution in [1.29, 1.82) is 0 Å². The van der Waals surface area contributed by atoms with Gasteiger partial charge in [0.15, 0.2) is 0 Å². The van der Waals surface area contributed by atoms with Crippen LogP contribution in [-0.2, 0) is 20.6 Å². The van der Waals surface area contributed by atoms with Crippen molar-refractivity contribution in [1.82, 2.24) is 5.32 Å². The third-order valence-corrected chi connectivity index (χ3v) is 6.77. The van der Waals surface area contributed by atoms with Crippen molar-refractivity contribution in [3.8, 4) is 0 Å². The van der Waals surface area contributed by atoms with Gasteiger partial charge in [-0.1, -0.05) is 30.3 Å². The summed E-state index contributed by atoms with van der Waals surface area (Å²) in [4.78, 5) is 12.1. The molecule has 2 aromatic rings. The monoisotopic (exact) mass is 452 g/mol. The van der Waals surface area contributed by atoms with E-state index < -0.39 is 10.0 Å². The van der Waals surface area contributed by atoms with Gasteiger partial charge in [0.05, 0.1) is 11.9 Å². The average Bonchev–Trinajstić information content (AvgIpc) is 2.67. The molecule has 164 valence electrons. The number of nitrogens with one attached hydrogen (secondary N) is 1. The number of rotatable bonds is 11. The van der Waals surface area contributed by atoms with Crippen LogP contribution in [0.4, 0.5) is 10.1 Å². The molecule has 0 aliphatic rings. The lowest BCUT2D eigenvalue weighted by Gasteiger charge is -2.24. The zero-order valence-corrected chi connectivity index (χ0v) is 19.3. The Bertz CT molecular complexity index is 965. The van der Waals surface area contributed by atoms with Crippen molar-refractivity contribution in [3.05, 3.63) is 65.0 Å². The van der Waals surface area contributed by atoms with Crippen LogP contribution in [0.1, 0.15) is 29.5 Å². The van der Waals surface area contributed by atoms with Crippen LogP contribution in [0.25, 0.3) is 0 Å². The van der Waals surface area contributed by atoms with Crippen molar-refractivity contribution in [2.75, 3.05) is 29.4 Å². The Morgan fingerprint density at radius 3 is 2.60 bits per heavy atom. The fourth-order valence-electron chi connectivity index (χ4n) is 2.98. The van der Waals surface area contributed by atoms with Gasteiger partial charge in [-0.3, -0.25) is 9.10 Å². The molecule has 2 aromatic carbocycles. The van der Waals surface area contributed by atoms with Gasteiger partial charge >= 0.3 is 0 Å². The molecule has 0 spiro atoms. The van der Waals surface area contributed by atoms with Crippen LogP contribution in [-0.4, -0.2) is 39.4 Å². The zero-order chi connectivity index (χ0) is 22.1. The minimum Gasteiger partial charge on any atom is -0.355 e. The third-order valence-electron chi connectivity index (χ3n) is 4.58. The first-order chi connectivity index (χ1) is 14.2. The van der Waals surface area contributed by atoms with Crippen LogP contribution in [0.2, 0.25) is 0 Å². The number of aryl methyl sites for hydroxylation is 2. The minimum atomic E-state index is -3.44. The van der Waals surface area contributed by atoms with Crippen LogP contribution in [0.5, 0.6) is 0 Å². The molecule has 5 nitrogen and oxygen atoms in total. The highest BCUT2D eigenvalue weighted by Crippen LogP contribution is 2.24. The summed E-state index contributed by atoms with van der Waals surface area (Å²) in [6.45, 7) is 4.53. The molecule has 0 bridgehead atoms. The first-order valence-corrected chi connectivity index (χ1v) is 12.8. The molecule has 0 aromatic heterocycles. The first-order valence-electron chi connectivity index (χ1n) is 9.81. The van der Waals surface area contributed by atoms with E-state index in [1.807, 2.05) is 32.0 Å². The molecule has 0 saturated carbocycles. The summed E-state index contributed by atoms with van der Waals surface area (Å²) in [6.07, 6.45) is 1.85. The van der Waals surface area contributed by atoms with Crippen LogP contribution >= 0.6 is 11.8 Å². The molecule has 30 heavy (non-hydrogen) atoms. The summed E-state index contributed by atoms with van der Waals surface area (Å²) in [6, 6.07) is 12.3. The second kappa shape index (κ2) is 11.4. The zero-order valence-electron chi connectivity index (χ0n) is 17.7. The smallest absolute Gasteiger partial charge is 0.232 e. The van der Waals surface area contributed by atoms with E-state index in [2.05, 4.69) is 5.32 Å². The second-order valence-corrected chi connectivity index (χ2v) is 10.2. The molecule has 0 unspecified atom stereocenters. The van der Waals surface area contributed by atoms with Gasteiger partial charge in [-0.2, -0.15) is 11.8 Å². The SMILES string of the molecule is Cc1ccc(C)c(N(CCCC(=O)NCCSCc2ccccc2F)S(C)(=O)=O)c1. The number of amides is 1. The lowest BCUT2D eigenvalue weighted by molar-refractivity contribution is -0.121. The summed E-state index contributed by atoms with van der Waals surface area (Å²) in [5.41, 5.74) is 3.17. The van der Waals surface area contributed by atoms with Gasteiger partial charge in [-0.05, 0) is 49.1 Å². The van der Waals surface area contributed by atoms with E-state index in [-0.39, 0.29) is 24.7 Å². The summed E-state index contributed by atoms with van der Waals surface area (Å²) < 4.78 is 39.4. The normalized spacial score (nSPS) is 11.3. The molecule has 0 saturated heterocycles. The number of carbonyl (C=O) groups excluding carboxylic acids is 1. The Hall–Kier alpha value is -2.06. The molecule has 0 atom stereocenters.